The highest BCUT2D eigenvalue weighted by molar-refractivity contribution is 5.81. The molecule has 0 spiro atoms. The summed E-state index contributed by atoms with van der Waals surface area (Å²) in [4.78, 5) is 26.2. The maximum Gasteiger partial charge on any atom is 0.248 e. The van der Waals surface area contributed by atoms with Crippen molar-refractivity contribution in [2.24, 2.45) is 11.1 Å². The Bertz CT molecular complexity index is 1240. The molecule has 0 unspecified atom stereocenters. The Balaban J connectivity index is 2.18. The molecule has 37 heavy (non-hydrogen) atoms. The Morgan fingerprint density at radius 1 is 1.14 bits per heavy atom. The van der Waals surface area contributed by atoms with Crippen LogP contribution in [-0.2, 0) is 16.0 Å². The minimum Gasteiger partial charge on any atom is -0.387 e. The highest BCUT2D eigenvalue weighted by Gasteiger charge is 2.38. The lowest BCUT2D eigenvalue weighted by Crippen LogP contribution is -2.45. The SMILES string of the molecule is CC(=O)[C@@H](N)CCN(C(=O)CO)[C@@H](c1nn(-c2cc(F)ccc2F)cc1Cc1ccccc1)C(C)(C)C. The zero-order valence-electron chi connectivity index (χ0n) is 21.6. The van der Waals surface area contributed by atoms with Gasteiger partial charge >= 0.3 is 0 Å². The lowest BCUT2D eigenvalue weighted by atomic mass is 9.81. The number of aliphatic hydroxyl groups is 1. The first kappa shape index (κ1) is 28.1. The topological polar surface area (TPSA) is 101 Å². The van der Waals surface area contributed by atoms with Gasteiger partial charge < -0.3 is 15.7 Å². The second-order valence-electron chi connectivity index (χ2n) is 10.3. The number of ketones is 1. The van der Waals surface area contributed by atoms with Crippen LogP contribution >= 0.6 is 0 Å². The molecule has 198 valence electrons. The highest BCUT2D eigenvalue weighted by Crippen LogP contribution is 2.40. The molecule has 0 aliphatic heterocycles. The van der Waals surface area contributed by atoms with Gasteiger partial charge in [0, 0.05) is 30.8 Å². The van der Waals surface area contributed by atoms with Crippen molar-refractivity contribution in [2.75, 3.05) is 13.2 Å². The second kappa shape index (κ2) is 11.7. The minimum absolute atomic E-state index is 0.0631. The summed E-state index contributed by atoms with van der Waals surface area (Å²) in [6, 6.07) is 11.3. The van der Waals surface area contributed by atoms with Crippen molar-refractivity contribution >= 4 is 11.7 Å². The standard InChI is InChI=1S/C28H34F2N4O3/c1-18(36)23(31)12-13-33(25(37)17-35)27(28(2,3)4)26-20(14-19-8-6-5-7-9-19)16-34(32-26)24-15-21(29)10-11-22(24)30/h5-11,15-16,23,27,35H,12-14,17,31H2,1-4H3/t23-,27-/m0/s1. The van der Waals surface area contributed by atoms with Crippen LogP contribution in [-0.4, -0.2) is 50.7 Å². The second-order valence-corrected chi connectivity index (χ2v) is 10.3. The summed E-state index contributed by atoms with van der Waals surface area (Å²) in [6.45, 7) is 6.53. The third-order valence-electron chi connectivity index (χ3n) is 6.26. The van der Waals surface area contributed by atoms with Gasteiger partial charge in [-0.15, -0.1) is 0 Å². The van der Waals surface area contributed by atoms with Crippen LogP contribution in [0.3, 0.4) is 0 Å². The molecule has 1 amide bonds. The van der Waals surface area contributed by atoms with E-state index in [1.807, 2.05) is 51.1 Å². The van der Waals surface area contributed by atoms with Gasteiger partial charge in [0.05, 0.1) is 17.8 Å². The van der Waals surface area contributed by atoms with Gasteiger partial charge in [0.25, 0.3) is 0 Å². The van der Waals surface area contributed by atoms with Crippen molar-refractivity contribution in [1.29, 1.82) is 0 Å². The van der Waals surface area contributed by atoms with Gasteiger partial charge in [-0.2, -0.15) is 5.10 Å². The van der Waals surface area contributed by atoms with Crippen LogP contribution in [0.2, 0.25) is 0 Å². The number of rotatable bonds is 10. The Kier molecular flexibility index (Phi) is 8.94. The predicted octanol–water partition coefficient (Wildman–Crippen LogP) is 3.96. The van der Waals surface area contributed by atoms with E-state index >= 15 is 0 Å². The summed E-state index contributed by atoms with van der Waals surface area (Å²) in [6.07, 6.45) is 2.26. The highest BCUT2D eigenvalue weighted by atomic mass is 19.1. The van der Waals surface area contributed by atoms with Gasteiger partial charge in [-0.1, -0.05) is 51.1 Å². The van der Waals surface area contributed by atoms with Crippen LogP contribution in [0.15, 0.2) is 54.7 Å². The largest absolute Gasteiger partial charge is 0.387 e. The van der Waals surface area contributed by atoms with Crippen molar-refractivity contribution < 1.29 is 23.5 Å². The summed E-state index contributed by atoms with van der Waals surface area (Å²) >= 11 is 0. The molecule has 0 bridgehead atoms. The van der Waals surface area contributed by atoms with E-state index < -0.39 is 41.6 Å². The van der Waals surface area contributed by atoms with E-state index in [4.69, 9.17) is 5.73 Å². The number of carbonyl (C=O) groups excluding carboxylic acids is 2. The minimum atomic E-state index is -0.766. The van der Waals surface area contributed by atoms with Crippen LogP contribution in [0.4, 0.5) is 8.78 Å². The number of amides is 1. The zero-order valence-corrected chi connectivity index (χ0v) is 21.6. The van der Waals surface area contributed by atoms with E-state index in [-0.39, 0.29) is 24.4 Å². The van der Waals surface area contributed by atoms with Crippen LogP contribution in [0.25, 0.3) is 5.69 Å². The van der Waals surface area contributed by atoms with Gasteiger partial charge in [-0.05, 0) is 36.5 Å². The van der Waals surface area contributed by atoms with Crippen LogP contribution in [0, 0.1) is 17.0 Å². The van der Waals surface area contributed by atoms with Crippen molar-refractivity contribution in [2.45, 2.75) is 52.6 Å². The van der Waals surface area contributed by atoms with Crippen molar-refractivity contribution in [3.8, 4) is 5.69 Å². The molecule has 0 radical (unpaired) electrons. The van der Waals surface area contributed by atoms with Gasteiger partial charge in [0.1, 0.15) is 29.7 Å². The molecule has 3 rings (SSSR count). The third-order valence-corrected chi connectivity index (χ3v) is 6.26. The van der Waals surface area contributed by atoms with E-state index in [9.17, 15) is 23.5 Å². The molecule has 2 aromatic carbocycles. The third kappa shape index (κ3) is 6.87. The van der Waals surface area contributed by atoms with Crippen molar-refractivity contribution in [1.82, 2.24) is 14.7 Å². The fourth-order valence-electron chi connectivity index (χ4n) is 4.39. The molecule has 3 aromatic rings. The quantitative estimate of drug-likeness (QED) is 0.428. The van der Waals surface area contributed by atoms with E-state index in [1.165, 1.54) is 16.5 Å². The molecule has 2 atom stereocenters. The average Bonchev–Trinajstić information content (AvgIpc) is 3.24. The Morgan fingerprint density at radius 2 is 1.81 bits per heavy atom. The van der Waals surface area contributed by atoms with Gasteiger partial charge in [-0.25, -0.2) is 13.5 Å². The van der Waals surface area contributed by atoms with Crippen molar-refractivity contribution in [3.05, 3.63) is 83.2 Å². The van der Waals surface area contributed by atoms with Gasteiger partial charge in [0.2, 0.25) is 5.91 Å². The first-order valence-electron chi connectivity index (χ1n) is 12.2. The number of aromatic nitrogens is 2. The average molecular weight is 513 g/mol. The first-order chi connectivity index (χ1) is 17.4. The fourth-order valence-corrected chi connectivity index (χ4v) is 4.39. The fraction of sp³-hybridized carbons (Fsp3) is 0.393. The van der Waals surface area contributed by atoms with E-state index in [1.54, 1.807) is 6.20 Å². The first-order valence-corrected chi connectivity index (χ1v) is 12.2. The van der Waals surface area contributed by atoms with Gasteiger partial charge in [0.15, 0.2) is 0 Å². The van der Waals surface area contributed by atoms with Crippen LogP contribution < -0.4 is 5.73 Å². The molecule has 1 aromatic heterocycles. The molecule has 0 aliphatic rings. The number of hydrogen-bond donors (Lipinski definition) is 2. The summed E-state index contributed by atoms with van der Waals surface area (Å²) in [5.74, 6) is -2.02. The predicted molar refractivity (Wildman–Crippen MR) is 137 cm³/mol. The maximum absolute atomic E-state index is 14.7. The molecular weight excluding hydrogens is 478 g/mol. The normalized spacial score (nSPS) is 13.3. The molecule has 0 aliphatic carbocycles. The lowest BCUT2D eigenvalue weighted by Gasteiger charge is -2.40. The van der Waals surface area contributed by atoms with Crippen molar-refractivity contribution in [3.63, 3.8) is 0 Å². The smallest absolute Gasteiger partial charge is 0.248 e. The summed E-state index contributed by atoms with van der Waals surface area (Å²) in [5.41, 5.74) is 7.46. The molecule has 0 saturated heterocycles. The Hall–Kier alpha value is -3.43. The number of aliphatic hydroxyl groups excluding tert-OH is 1. The number of hydrogen-bond acceptors (Lipinski definition) is 5. The number of nitrogens with zero attached hydrogens (tertiary/aromatic N) is 3. The number of halogens is 2. The monoisotopic (exact) mass is 512 g/mol. The Labute approximate surface area is 215 Å². The van der Waals surface area contributed by atoms with Gasteiger partial charge in [-0.3, -0.25) is 9.59 Å². The molecule has 0 fully saturated rings. The molecular formula is C28H34F2N4O3. The van der Waals surface area contributed by atoms with Crippen LogP contribution in [0.1, 0.15) is 57.0 Å². The molecule has 7 nitrogen and oxygen atoms in total. The molecule has 1 heterocycles. The lowest BCUT2D eigenvalue weighted by molar-refractivity contribution is -0.140. The molecule has 3 N–H and O–H groups in total. The van der Waals surface area contributed by atoms with E-state index in [0.717, 1.165) is 23.8 Å². The van der Waals surface area contributed by atoms with E-state index in [0.29, 0.717) is 17.7 Å². The van der Waals surface area contributed by atoms with E-state index in [2.05, 4.69) is 5.10 Å². The maximum atomic E-state index is 14.7. The number of nitrogens with two attached hydrogens (primary N) is 1. The number of Topliss-reactive ketones (excluding diaryl/α,β-unsaturated/α-hetero) is 1. The summed E-state index contributed by atoms with van der Waals surface area (Å²) < 4.78 is 30.0. The summed E-state index contributed by atoms with van der Waals surface area (Å²) in [7, 11) is 0. The van der Waals surface area contributed by atoms with Crippen LogP contribution in [0.5, 0.6) is 0 Å². The number of carbonyl (C=O) groups is 2. The molecule has 9 heteroatoms. The summed E-state index contributed by atoms with van der Waals surface area (Å²) in [5, 5.41) is 14.5. The molecule has 0 saturated carbocycles. The Morgan fingerprint density at radius 3 is 2.41 bits per heavy atom. The number of benzene rings is 2. The zero-order chi connectivity index (χ0) is 27.3.